The average Bonchev–Trinajstić information content (AvgIpc) is 2.18. The first-order chi connectivity index (χ1) is 6.82. The van der Waals surface area contributed by atoms with Gasteiger partial charge in [-0.2, -0.15) is 0 Å². The number of hydrogen-bond donors (Lipinski definition) is 1. The van der Waals surface area contributed by atoms with Gasteiger partial charge >= 0.3 is 0 Å². The van der Waals surface area contributed by atoms with Crippen LogP contribution in [-0.4, -0.2) is 32.0 Å². The zero-order valence-electron chi connectivity index (χ0n) is 8.19. The summed E-state index contributed by atoms with van der Waals surface area (Å²) in [5, 5.41) is 9.37. The maximum Gasteiger partial charge on any atom is 0.122 e. The molecule has 1 N–H and O–H groups in total. The van der Waals surface area contributed by atoms with Gasteiger partial charge in [0.05, 0.1) is 32.3 Å². The first-order valence-electron chi connectivity index (χ1n) is 4.64. The van der Waals surface area contributed by atoms with E-state index < -0.39 is 0 Å². The van der Waals surface area contributed by atoms with Crippen molar-refractivity contribution in [3.8, 4) is 5.75 Å². The molecule has 0 saturated carbocycles. The van der Waals surface area contributed by atoms with Gasteiger partial charge in [-0.25, -0.2) is 0 Å². The maximum atomic E-state index is 9.37. The Balaban J connectivity index is 2.38. The molecule has 0 bridgehead atoms. The Bertz CT molecular complexity index is 313. The van der Waals surface area contributed by atoms with E-state index in [1.807, 2.05) is 24.3 Å². The van der Waals surface area contributed by atoms with Crippen LogP contribution in [0.1, 0.15) is 5.56 Å². The van der Waals surface area contributed by atoms with Gasteiger partial charge in [0.25, 0.3) is 0 Å². The number of ether oxygens (including phenoxy) is 2. The molecule has 0 aromatic heterocycles. The van der Waals surface area contributed by atoms with Gasteiger partial charge in [-0.1, -0.05) is 18.2 Å². The summed E-state index contributed by atoms with van der Waals surface area (Å²) in [6.07, 6.45) is 0. The number of aliphatic hydroxyl groups is 1. The minimum Gasteiger partial charge on any atom is -0.496 e. The molecular formula is C11H14O3. The van der Waals surface area contributed by atoms with Gasteiger partial charge in [0.15, 0.2) is 0 Å². The van der Waals surface area contributed by atoms with Gasteiger partial charge in [-0.05, 0) is 6.07 Å². The number of rotatable bonds is 3. The van der Waals surface area contributed by atoms with Crippen LogP contribution in [0.25, 0.3) is 0 Å². The van der Waals surface area contributed by atoms with Crippen molar-refractivity contribution in [2.75, 3.05) is 26.9 Å². The SMILES string of the molecule is COc1ccccc1C1(CO)COC1. The highest BCUT2D eigenvalue weighted by Gasteiger charge is 2.41. The summed E-state index contributed by atoms with van der Waals surface area (Å²) in [4.78, 5) is 0. The topological polar surface area (TPSA) is 38.7 Å². The highest BCUT2D eigenvalue weighted by Crippen LogP contribution is 2.37. The molecule has 1 heterocycles. The molecule has 14 heavy (non-hydrogen) atoms. The lowest BCUT2D eigenvalue weighted by molar-refractivity contribution is -0.0849. The molecule has 3 nitrogen and oxygen atoms in total. The van der Waals surface area contributed by atoms with Crippen LogP contribution in [0.5, 0.6) is 5.75 Å². The van der Waals surface area contributed by atoms with E-state index >= 15 is 0 Å². The second-order valence-electron chi connectivity index (χ2n) is 3.63. The van der Waals surface area contributed by atoms with E-state index in [1.165, 1.54) is 0 Å². The summed E-state index contributed by atoms with van der Waals surface area (Å²) in [5.74, 6) is 0.824. The highest BCUT2D eigenvalue weighted by atomic mass is 16.5. The smallest absolute Gasteiger partial charge is 0.122 e. The molecule has 1 aliphatic rings. The molecule has 0 radical (unpaired) electrons. The normalized spacial score (nSPS) is 18.7. The quantitative estimate of drug-likeness (QED) is 0.778. The molecule has 3 heteroatoms. The lowest BCUT2D eigenvalue weighted by Gasteiger charge is -2.40. The van der Waals surface area contributed by atoms with E-state index in [9.17, 15) is 5.11 Å². The number of hydrogen-bond acceptors (Lipinski definition) is 3. The van der Waals surface area contributed by atoms with E-state index in [1.54, 1.807) is 7.11 Å². The molecule has 2 rings (SSSR count). The van der Waals surface area contributed by atoms with Gasteiger partial charge in [0.1, 0.15) is 5.75 Å². The van der Waals surface area contributed by atoms with Crippen LogP contribution in [0, 0.1) is 0 Å². The van der Waals surface area contributed by atoms with E-state index in [0.29, 0.717) is 13.2 Å². The fourth-order valence-electron chi connectivity index (χ4n) is 1.76. The number of methoxy groups -OCH3 is 1. The Morgan fingerprint density at radius 2 is 2.14 bits per heavy atom. The fourth-order valence-corrected chi connectivity index (χ4v) is 1.76. The van der Waals surface area contributed by atoms with Crippen molar-refractivity contribution in [2.24, 2.45) is 0 Å². The van der Waals surface area contributed by atoms with Crippen LogP contribution in [-0.2, 0) is 10.2 Å². The lowest BCUT2D eigenvalue weighted by atomic mass is 9.79. The summed E-state index contributed by atoms with van der Waals surface area (Å²) in [6, 6.07) is 7.77. The Morgan fingerprint density at radius 1 is 1.43 bits per heavy atom. The summed E-state index contributed by atoms with van der Waals surface area (Å²) < 4.78 is 10.4. The van der Waals surface area contributed by atoms with E-state index in [0.717, 1.165) is 11.3 Å². The summed E-state index contributed by atoms with van der Waals surface area (Å²) >= 11 is 0. The highest BCUT2D eigenvalue weighted by molar-refractivity contribution is 5.41. The predicted octanol–water partition coefficient (Wildman–Crippen LogP) is 0.956. The van der Waals surface area contributed by atoms with E-state index in [2.05, 4.69) is 0 Å². The molecule has 1 aromatic rings. The Hall–Kier alpha value is -1.06. The van der Waals surface area contributed by atoms with Gasteiger partial charge in [-0.3, -0.25) is 0 Å². The monoisotopic (exact) mass is 194 g/mol. The lowest BCUT2D eigenvalue weighted by Crippen LogP contribution is -2.49. The molecular weight excluding hydrogens is 180 g/mol. The first-order valence-corrected chi connectivity index (χ1v) is 4.64. The zero-order chi connectivity index (χ0) is 10.0. The molecule has 0 amide bonds. The predicted molar refractivity (Wildman–Crippen MR) is 52.6 cm³/mol. The second-order valence-corrected chi connectivity index (χ2v) is 3.63. The second kappa shape index (κ2) is 3.59. The summed E-state index contributed by atoms with van der Waals surface area (Å²) in [6.45, 7) is 1.25. The van der Waals surface area contributed by atoms with Crippen molar-refractivity contribution in [1.29, 1.82) is 0 Å². The zero-order valence-corrected chi connectivity index (χ0v) is 8.19. The summed E-state index contributed by atoms with van der Waals surface area (Å²) in [7, 11) is 1.64. The van der Waals surface area contributed by atoms with Crippen molar-refractivity contribution >= 4 is 0 Å². The van der Waals surface area contributed by atoms with Crippen LogP contribution in [0.3, 0.4) is 0 Å². The molecule has 1 aromatic carbocycles. The van der Waals surface area contributed by atoms with E-state index in [4.69, 9.17) is 9.47 Å². The van der Waals surface area contributed by atoms with Crippen molar-refractivity contribution in [3.63, 3.8) is 0 Å². The van der Waals surface area contributed by atoms with Crippen LogP contribution >= 0.6 is 0 Å². The van der Waals surface area contributed by atoms with Gasteiger partial charge in [0, 0.05) is 5.56 Å². The Morgan fingerprint density at radius 3 is 2.64 bits per heavy atom. The number of aliphatic hydroxyl groups excluding tert-OH is 1. The van der Waals surface area contributed by atoms with Crippen molar-refractivity contribution < 1.29 is 14.6 Å². The number of para-hydroxylation sites is 1. The fraction of sp³-hybridized carbons (Fsp3) is 0.455. The van der Waals surface area contributed by atoms with Gasteiger partial charge < -0.3 is 14.6 Å². The molecule has 76 valence electrons. The van der Waals surface area contributed by atoms with Gasteiger partial charge in [0.2, 0.25) is 0 Å². The van der Waals surface area contributed by atoms with Crippen LogP contribution < -0.4 is 4.74 Å². The third kappa shape index (κ3) is 1.29. The number of benzene rings is 1. The molecule has 1 saturated heterocycles. The van der Waals surface area contributed by atoms with Crippen molar-refractivity contribution in [2.45, 2.75) is 5.41 Å². The Labute approximate surface area is 83.3 Å². The Kier molecular flexibility index (Phi) is 2.44. The molecule has 1 fully saturated rings. The summed E-state index contributed by atoms with van der Waals surface area (Å²) in [5.41, 5.74) is 0.795. The molecule has 1 aliphatic heterocycles. The molecule has 0 atom stereocenters. The van der Waals surface area contributed by atoms with Gasteiger partial charge in [-0.15, -0.1) is 0 Å². The minimum atomic E-state index is -0.243. The van der Waals surface area contributed by atoms with Crippen LogP contribution in [0.15, 0.2) is 24.3 Å². The standard InChI is InChI=1S/C11H14O3/c1-13-10-5-3-2-4-9(10)11(6-12)7-14-8-11/h2-5,12H,6-8H2,1H3. The largest absolute Gasteiger partial charge is 0.496 e. The maximum absolute atomic E-state index is 9.37. The van der Waals surface area contributed by atoms with Crippen LogP contribution in [0.2, 0.25) is 0 Å². The minimum absolute atomic E-state index is 0.105. The average molecular weight is 194 g/mol. The van der Waals surface area contributed by atoms with E-state index in [-0.39, 0.29) is 12.0 Å². The van der Waals surface area contributed by atoms with Crippen LogP contribution in [0.4, 0.5) is 0 Å². The molecule has 0 aliphatic carbocycles. The first kappa shape index (κ1) is 9.49. The third-order valence-electron chi connectivity index (χ3n) is 2.74. The van der Waals surface area contributed by atoms with Crippen molar-refractivity contribution in [3.05, 3.63) is 29.8 Å². The third-order valence-corrected chi connectivity index (χ3v) is 2.74. The van der Waals surface area contributed by atoms with Crippen molar-refractivity contribution in [1.82, 2.24) is 0 Å². The molecule has 0 spiro atoms. The molecule has 0 unspecified atom stereocenters.